The SMILES string of the molecule is COC1(OC)CCC(C(C)(C)C)C/C1=N/O. The molecule has 0 spiro atoms. The van der Waals surface area contributed by atoms with E-state index in [-0.39, 0.29) is 5.41 Å². The first kappa shape index (κ1) is 13.5. The summed E-state index contributed by atoms with van der Waals surface area (Å²) < 4.78 is 10.8. The van der Waals surface area contributed by atoms with Crippen LogP contribution in [0.3, 0.4) is 0 Å². The van der Waals surface area contributed by atoms with Crippen molar-refractivity contribution in [2.75, 3.05) is 14.2 Å². The van der Waals surface area contributed by atoms with E-state index >= 15 is 0 Å². The first-order chi connectivity index (χ1) is 7.39. The van der Waals surface area contributed by atoms with Crippen molar-refractivity contribution in [2.24, 2.45) is 16.5 Å². The van der Waals surface area contributed by atoms with Crippen molar-refractivity contribution in [3.63, 3.8) is 0 Å². The molecular weight excluding hydrogens is 206 g/mol. The quantitative estimate of drug-likeness (QED) is 0.450. The highest BCUT2D eigenvalue weighted by molar-refractivity contribution is 5.91. The van der Waals surface area contributed by atoms with Crippen LogP contribution >= 0.6 is 0 Å². The predicted octanol–water partition coefficient (Wildman–Crippen LogP) is 2.65. The van der Waals surface area contributed by atoms with Gasteiger partial charge in [-0.2, -0.15) is 0 Å². The van der Waals surface area contributed by atoms with E-state index in [1.165, 1.54) is 0 Å². The van der Waals surface area contributed by atoms with Gasteiger partial charge in [-0.3, -0.25) is 0 Å². The highest BCUT2D eigenvalue weighted by atomic mass is 16.7. The molecule has 0 aliphatic heterocycles. The Morgan fingerprint density at radius 1 is 1.31 bits per heavy atom. The summed E-state index contributed by atoms with van der Waals surface area (Å²) in [6.45, 7) is 6.62. The molecule has 16 heavy (non-hydrogen) atoms. The molecule has 4 nitrogen and oxygen atoms in total. The van der Waals surface area contributed by atoms with Crippen molar-refractivity contribution >= 4 is 5.71 Å². The summed E-state index contributed by atoms with van der Waals surface area (Å²) >= 11 is 0. The van der Waals surface area contributed by atoms with Gasteiger partial charge < -0.3 is 14.7 Å². The fourth-order valence-electron chi connectivity index (χ4n) is 2.38. The van der Waals surface area contributed by atoms with Gasteiger partial charge >= 0.3 is 0 Å². The van der Waals surface area contributed by atoms with Crippen LogP contribution in [0.5, 0.6) is 0 Å². The number of methoxy groups -OCH3 is 2. The van der Waals surface area contributed by atoms with Crippen LogP contribution < -0.4 is 0 Å². The Labute approximate surface area is 97.6 Å². The average Bonchev–Trinajstić information content (AvgIpc) is 2.26. The van der Waals surface area contributed by atoms with Gasteiger partial charge in [-0.05, 0) is 24.2 Å². The molecule has 0 aromatic carbocycles. The molecule has 1 N–H and O–H groups in total. The molecule has 0 saturated heterocycles. The number of ether oxygens (including phenoxy) is 2. The van der Waals surface area contributed by atoms with Crippen molar-refractivity contribution in [1.29, 1.82) is 0 Å². The molecule has 0 radical (unpaired) electrons. The van der Waals surface area contributed by atoms with Crippen LogP contribution in [-0.4, -0.2) is 30.9 Å². The maximum Gasteiger partial charge on any atom is 0.211 e. The van der Waals surface area contributed by atoms with E-state index in [0.29, 0.717) is 11.6 Å². The smallest absolute Gasteiger partial charge is 0.211 e. The van der Waals surface area contributed by atoms with Gasteiger partial charge in [0.1, 0.15) is 5.71 Å². The van der Waals surface area contributed by atoms with Crippen molar-refractivity contribution < 1.29 is 14.7 Å². The predicted molar refractivity (Wildman–Crippen MR) is 62.8 cm³/mol. The molecule has 0 aromatic rings. The molecule has 1 aliphatic rings. The van der Waals surface area contributed by atoms with Crippen LogP contribution in [0.1, 0.15) is 40.0 Å². The molecule has 0 amide bonds. The van der Waals surface area contributed by atoms with E-state index in [0.717, 1.165) is 19.3 Å². The number of rotatable bonds is 2. The Balaban J connectivity index is 2.88. The van der Waals surface area contributed by atoms with Crippen molar-refractivity contribution in [1.82, 2.24) is 0 Å². The van der Waals surface area contributed by atoms with Crippen LogP contribution in [0.2, 0.25) is 0 Å². The highest BCUT2D eigenvalue weighted by Crippen LogP contribution is 2.41. The number of oxime groups is 1. The third kappa shape index (κ3) is 2.38. The molecule has 1 aliphatic carbocycles. The third-order valence-electron chi connectivity index (χ3n) is 3.71. The largest absolute Gasteiger partial charge is 0.411 e. The van der Waals surface area contributed by atoms with Gasteiger partial charge in [0.25, 0.3) is 0 Å². The second-order valence-corrected chi connectivity index (χ2v) is 5.51. The van der Waals surface area contributed by atoms with Gasteiger partial charge in [-0.1, -0.05) is 25.9 Å². The summed E-state index contributed by atoms with van der Waals surface area (Å²) in [6.07, 6.45) is 2.48. The normalized spacial score (nSPS) is 28.3. The summed E-state index contributed by atoms with van der Waals surface area (Å²) in [5.41, 5.74) is 0.813. The van der Waals surface area contributed by atoms with Crippen LogP contribution in [0.15, 0.2) is 5.16 Å². The minimum absolute atomic E-state index is 0.212. The zero-order valence-electron chi connectivity index (χ0n) is 10.9. The summed E-state index contributed by atoms with van der Waals surface area (Å²) in [7, 11) is 3.18. The second-order valence-electron chi connectivity index (χ2n) is 5.51. The molecule has 94 valence electrons. The van der Waals surface area contributed by atoms with E-state index < -0.39 is 5.79 Å². The van der Waals surface area contributed by atoms with Gasteiger partial charge in [-0.25, -0.2) is 0 Å². The Morgan fingerprint density at radius 3 is 2.25 bits per heavy atom. The van der Waals surface area contributed by atoms with E-state index in [2.05, 4.69) is 25.9 Å². The van der Waals surface area contributed by atoms with Gasteiger partial charge in [0.2, 0.25) is 5.79 Å². The molecule has 0 aromatic heterocycles. The molecule has 1 saturated carbocycles. The number of hydrogen-bond acceptors (Lipinski definition) is 4. The lowest BCUT2D eigenvalue weighted by atomic mass is 9.70. The minimum atomic E-state index is -0.823. The minimum Gasteiger partial charge on any atom is -0.411 e. The lowest BCUT2D eigenvalue weighted by Crippen LogP contribution is -2.48. The summed E-state index contributed by atoms with van der Waals surface area (Å²) in [5, 5.41) is 12.5. The van der Waals surface area contributed by atoms with Crippen LogP contribution in [0.4, 0.5) is 0 Å². The average molecular weight is 229 g/mol. The molecule has 1 unspecified atom stereocenters. The molecule has 1 atom stereocenters. The molecule has 1 fully saturated rings. The molecule has 0 bridgehead atoms. The standard InChI is InChI=1S/C12H23NO3/c1-11(2,3)9-6-7-12(15-4,16-5)10(8-9)13-14/h9,14H,6-8H2,1-5H3/b13-10-. The van der Waals surface area contributed by atoms with Gasteiger partial charge in [0, 0.05) is 20.6 Å². The molecule has 4 heteroatoms. The van der Waals surface area contributed by atoms with E-state index in [1.807, 2.05) is 0 Å². The molecule has 1 rings (SSSR count). The zero-order valence-corrected chi connectivity index (χ0v) is 10.9. The Morgan fingerprint density at radius 2 is 1.88 bits per heavy atom. The van der Waals surface area contributed by atoms with Crippen molar-refractivity contribution in [3.8, 4) is 0 Å². The molecule has 0 heterocycles. The summed E-state index contributed by atoms with van der Waals surface area (Å²) in [6, 6.07) is 0. The summed E-state index contributed by atoms with van der Waals surface area (Å²) in [5.74, 6) is -0.326. The fraction of sp³-hybridized carbons (Fsp3) is 0.917. The fourth-order valence-corrected chi connectivity index (χ4v) is 2.38. The molecular formula is C12H23NO3. The number of hydrogen-bond donors (Lipinski definition) is 1. The first-order valence-corrected chi connectivity index (χ1v) is 5.71. The Hall–Kier alpha value is -0.610. The second kappa shape index (κ2) is 4.72. The van der Waals surface area contributed by atoms with Crippen molar-refractivity contribution in [3.05, 3.63) is 0 Å². The number of nitrogens with zero attached hydrogens (tertiary/aromatic N) is 1. The van der Waals surface area contributed by atoms with E-state index in [4.69, 9.17) is 14.7 Å². The topological polar surface area (TPSA) is 51.0 Å². The lowest BCUT2D eigenvalue weighted by Gasteiger charge is -2.42. The van der Waals surface area contributed by atoms with Crippen LogP contribution in [-0.2, 0) is 9.47 Å². The maximum atomic E-state index is 9.10. The Bertz CT molecular complexity index is 264. The van der Waals surface area contributed by atoms with Crippen LogP contribution in [0, 0.1) is 11.3 Å². The van der Waals surface area contributed by atoms with Gasteiger partial charge in [0.05, 0.1) is 0 Å². The summed E-state index contributed by atoms with van der Waals surface area (Å²) in [4.78, 5) is 0. The van der Waals surface area contributed by atoms with E-state index in [9.17, 15) is 0 Å². The first-order valence-electron chi connectivity index (χ1n) is 5.71. The zero-order chi connectivity index (χ0) is 12.4. The maximum absolute atomic E-state index is 9.10. The third-order valence-corrected chi connectivity index (χ3v) is 3.71. The highest BCUT2D eigenvalue weighted by Gasteiger charge is 2.44. The van der Waals surface area contributed by atoms with Gasteiger partial charge in [-0.15, -0.1) is 0 Å². The van der Waals surface area contributed by atoms with Gasteiger partial charge in [0.15, 0.2) is 0 Å². The van der Waals surface area contributed by atoms with Crippen LogP contribution in [0.25, 0.3) is 0 Å². The monoisotopic (exact) mass is 229 g/mol. The van der Waals surface area contributed by atoms with E-state index in [1.54, 1.807) is 14.2 Å². The Kier molecular flexibility index (Phi) is 3.97. The van der Waals surface area contributed by atoms with Crippen molar-refractivity contribution in [2.45, 2.75) is 45.8 Å². The lowest BCUT2D eigenvalue weighted by molar-refractivity contribution is -0.170.